The van der Waals surface area contributed by atoms with E-state index in [-0.39, 0.29) is 11.4 Å². The highest BCUT2D eigenvalue weighted by Gasteiger charge is 2.33. The van der Waals surface area contributed by atoms with Gasteiger partial charge in [0.1, 0.15) is 11.6 Å². The first-order valence-corrected chi connectivity index (χ1v) is 11.7. The molecule has 6 aromatic rings. The second kappa shape index (κ2) is 8.78. The lowest BCUT2D eigenvalue weighted by molar-refractivity contribution is -0.138. The van der Waals surface area contributed by atoms with Crippen molar-refractivity contribution in [2.45, 2.75) is 13.1 Å². The summed E-state index contributed by atoms with van der Waals surface area (Å²) in [4.78, 5) is 8.60. The highest BCUT2D eigenvalue weighted by atomic mass is 19.4. The maximum atomic E-state index is 13.3. The fourth-order valence-corrected chi connectivity index (χ4v) is 4.61. The first-order chi connectivity index (χ1) is 17.9. The van der Waals surface area contributed by atoms with Crippen LogP contribution in [-0.4, -0.2) is 14.5 Å². The lowest BCUT2D eigenvalue weighted by atomic mass is 10.0. The maximum Gasteiger partial charge on any atom is 0.416 e. The molecule has 3 aromatic carbocycles. The number of benzene rings is 3. The van der Waals surface area contributed by atoms with Crippen molar-refractivity contribution >= 4 is 21.8 Å². The average Bonchev–Trinajstić information content (AvgIpc) is 3.23. The van der Waals surface area contributed by atoms with Gasteiger partial charge in [-0.05, 0) is 60.0 Å². The van der Waals surface area contributed by atoms with Gasteiger partial charge in [-0.25, -0.2) is 9.97 Å². The Morgan fingerprint density at radius 1 is 0.730 bits per heavy atom. The van der Waals surface area contributed by atoms with E-state index in [4.69, 9.17) is 4.74 Å². The quantitative estimate of drug-likeness (QED) is 0.247. The topological polar surface area (TPSA) is 39.9 Å². The molecule has 0 spiro atoms. The molecule has 3 aromatic heterocycles. The van der Waals surface area contributed by atoms with Crippen molar-refractivity contribution in [1.82, 2.24) is 14.5 Å². The fraction of sp³-hybridized carbons (Fsp3) is 0.0667. The van der Waals surface area contributed by atoms with Crippen LogP contribution in [0.5, 0.6) is 11.6 Å². The highest BCUT2D eigenvalue weighted by molar-refractivity contribution is 6.10. The van der Waals surface area contributed by atoms with Gasteiger partial charge in [0.15, 0.2) is 0 Å². The Balaban J connectivity index is 1.43. The number of aryl methyl sites for hydroxylation is 1. The molecule has 0 radical (unpaired) electrons. The van der Waals surface area contributed by atoms with E-state index in [9.17, 15) is 13.2 Å². The van der Waals surface area contributed by atoms with Gasteiger partial charge in [0.2, 0.25) is 5.88 Å². The van der Waals surface area contributed by atoms with Gasteiger partial charge >= 0.3 is 6.18 Å². The zero-order valence-electron chi connectivity index (χ0n) is 19.7. The Hall–Kier alpha value is -4.65. The van der Waals surface area contributed by atoms with E-state index in [0.717, 1.165) is 44.8 Å². The Morgan fingerprint density at radius 3 is 2.32 bits per heavy atom. The van der Waals surface area contributed by atoms with Crippen LogP contribution in [0.4, 0.5) is 13.2 Å². The van der Waals surface area contributed by atoms with Crippen LogP contribution in [0.25, 0.3) is 38.8 Å². The average molecular weight is 496 g/mol. The number of fused-ring (bicyclic) bond motifs is 3. The molecule has 0 saturated heterocycles. The van der Waals surface area contributed by atoms with Gasteiger partial charge in [-0.1, -0.05) is 48.5 Å². The van der Waals surface area contributed by atoms with Gasteiger partial charge in [0.05, 0.1) is 16.6 Å². The molecule has 4 nitrogen and oxygen atoms in total. The smallest absolute Gasteiger partial charge is 0.416 e. The monoisotopic (exact) mass is 495 g/mol. The van der Waals surface area contributed by atoms with Crippen molar-refractivity contribution < 1.29 is 17.9 Å². The van der Waals surface area contributed by atoms with Crippen LogP contribution >= 0.6 is 0 Å². The van der Waals surface area contributed by atoms with Gasteiger partial charge < -0.3 is 4.74 Å². The third-order valence-electron chi connectivity index (χ3n) is 6.33. The van der Waals surface area contributed by atoms with E-state index in [0.29, 0.717) is 5.75 Å². The van der Waals surface area contributed by atoms with Crippen LogP contribution < -0.4 is 4.74 Å². The summed E-state index contributed by atoms with van der Waals surface area (Å²) >= 11 is 0. The van der Waals surface area contributed by atoms with Crippen LogP contribution in [0, 0.1) is 6.92 Å². The van der Waals surface area contributed by atoms with Gasteiger partial charge in [-0.3, -0.25) is 4.57 Å². The first kappa shape index (κ1) is 22.8. The third kappa shape index (κ3) is 4.18. The largest absolute Gasteiger partial charge is 0.439 e. The minimum atomic E-state index is -4.48. The van der Waals surface area contributed by atoms with E-state index < -0.39 is 11.7 Å². The first-order valence-electron chi connectivity index (χ1n) is 11.7. The van der Waals surface area contributed by atoms with E-state index >= 15 is 0 Å². The van der Waals surface area contributed by atoms with E-state index in [1.165, 1.54) is 13.1 Å². The predicted molar refractivity (Wildman–Crippen MR) is 138 cm³/mol. The molecule has 3 heterocycles. The summed E-state index contributed by atoms with van der Waals surface area (Å²) in [6.45, 7) is 1.38. The Morgan fingerprint density at radius 2 is 1.51 bits per heavy atom. The molecule has 0 aliphatic rings. The number of aromatic nitrogens is 3. The van der Waals surface area contributed by atoms with Crippen LogP contribution in [0.2, 0.25) is 0 Å². The van der Waals surface area contributed by atoms with Crippen LogP contribution in [-0.2, 0) is 6.18 Å². The van der Waals surface area contributed by atoms with Gasteiger partial charge in [-0.2, -0.15) is 13.2 Å². The number of rotatable bonds is 4. The number of nitrogens with zero attached hydrogens (tertiary/aromatic N) is 3. The second-order valence-corrected chi connectivity index (χ2v) is 8.74. The predicted octanol–water partition coefficient (Wildman–Crippen LogP) is 8.36. The van der Waals surface area contributed by atoms with Crippen molar-refractivity contribution in [2.24, 2.45) is 0 Å². The summed E-state index contributed by atoms with van der Waals surface area (Å²) < 4.78 is 47.8. The number of para-hydroxylation sites is 1. The Kier molecular flexibility index (Phi) is 5.41. The van der Waals surface area contributed by atoms with E-state index in [2.05, 4.69) is 38.8 Å². The van der Waals surface area contributed by atoms with Gasteiger partial charge in [0, 0.05) is 29.2 Å². The molecule has 7 heteroatoms. The van der Waals surface area contributed by atoms with Crippen molar-refractivity contribution in [2.75, 3.05) is 0 Å². The fourth-order valence-electron chi connectivity index (χ4n) is 4.61. The molecule has 0 bridgehead atoms. The van der Waals surface area contributed by atoms with Crippen LogP contribution in [0.15, 0.2) is 103 Å². The van der Waals surface area contributed by atoms with Crippen LogP contribution in [0.1, 0.15) is 11.1 Å². The summed E-state index contributed by atoms with van der Waals surface area (Å²) in [5.41, 5.74) is 3.13. The van der Waals surface area contributed by atoms with Crippen LogP contribution in [0.3, 0.4) is 0 Å². The Labute approximate surface area is 210 Å². The molecule has 0 amide bonds. The molecule has 0 atom stereocenters. The molecular weight excluding hydrogens is 475 g/mol. The Bertz CT molecular complexity index is 1760. The zero-order chi connectivity index (χ0) is 25.6. The zero-order valence-corrected chi connectivity index (χ0v) is 19.7. The number of hydrogen-bond acceptors (Lipinski definition) is 3. The lowest BCUT2D eigenvalue weighted by Crippen LogP contribution is -2.08. The normalized spacial score (nSPS) is 11.8. The maximum absolute atomic E-state index is 13.3. The van der Waals surface area contributed by atoms with Crippen molar-refractivity contribution in [3.05, 3.63) is 115 Å². The molecule has 37 heavy (non-hydrogen) atoms. The summed E-state index contributed by atoms with van der Waals surface area (Å²) in [6, 6.07) is 28.4. The summed E-state index contributed by atoms with van der Waals surface area (Å²) in [5.74, 6) is 1.10. The van der Waals surface area contributed by atoms with E-state index in [1.807, 2.05) is 48.5 Å². The molecule has 0 fully saturated rings. The van der Waals surface area contributed by atoms with Crippen molar-refractivity contribution in [1.29, 1.82) is 0 Å². The molecule has 6 rings (SSSR count). The standard InChI is InChI=1S/C30H20F3N3O/c1-19-18-35-29(17-25(19)30(31,32)33)37-22-8-6-7-20(15-22)21-12-13-24-23-9-2-3-10-26(23)36(27(24)16-21)28-11-4-5-14-34-28/h2-18H,1H3. The summed E-state index contributed by atoms with van der Waals surface area (Å²) in [7, 11) is 0. The van der Waals surface area contributed by atoms with Crippen molar-refractivity contribution in [3.63, 3.8) is 0 Å². The molecule has 0 unspecified atom stereocenters. The number of alkyl halides is 3. The molecular formula is C30H20F3N3O. The second-order valence-electron chi connectivity index (χ2n) is 8.74. The molecule has 0 N–H and O–H groups in total. The lowest BCUT2D eigenvalue weighted by Gasteiger charge is -2.12. The van der Waals surface area contributed by atoms with Gasteiger partial charge in [-0.15, -0.1) is 0 Å². The third-order valence-corrected chi connectivity index (χ3v) is 6.33. The van der Waals surface area contributed by atoms with Gasteiger partial charge in [0.25, 0.3) is 0 Å². The molecule has 0 aliphatic carbocycles. The van der Waals surface area contributed by atoms with Crippen molar-refractivity contribution in [3.8, 4) is 28.6 Å². The summed E-state index contributed by atoms with van der Waals surface area (Å²) in [5, 5.41) is 2.22. The number of ether oxygens (including phenoxy) is 1. The van der Waals surface area contributed by atoms with E-state index in [1.54, 1.807) is 18.3 Å². The number of hydrogen-bond donors (Lipinski definition) is 0. The minimum Gasteiger partial charge on any atom is -0.439 e. The molecule has 0 saturated carbocycles. The highest BCUT2D eigenvalue weighted by Crippen LogP contribution is 2.37. The number of halogens is 3. The SMILES string of the molecule is Cc1cnc(Oc2cccc(-c3ccc4c5ccccc5n(-c5ccccn5)c4c3)c2)cc1C(F)(F)F. The minimum absolute atomic E-state index is 0.0465. The number of pyridine rings is 2. The summed E-state index contributed by atoms with van der Waals surface area (Å²) in [6.07, 6.45) is -1.54. The molecule has 182 valence electrons. The molecule has 0 aliphatic heterocycles.